The number of anilines is 2. The van der Waals surface area contributed by atoms with Crippen LogP contribution in [0.15, 0.2) is 12.1 Å². The summed E-state index contributed by atoms with van der Waals surface area (Å²) in [6, 6.07) is 3.28. The monoisotopic (exact) mass is 153 g/mol. The largest absolute Gasteiger partial charge is 0.328 e. The first-order valence-electron chi connectivity index (χ1n) is 2.96. The molecule has 0 saturated heterocycles. The number of carbonyl (C=O) groups excluding carboxylic acids is 2. The van der Waals surface area contributed by atoms with Gasteiger partial charge in [0.1, 0.15) is 11.6 Å². The van der Waals surface area contributed by atoms with Gasteiger partial charge in [0, 0.05) is 0 Å². The molecule has 1 rings (SSSR count). The molecule has 11 heavy (non-hydrogen) atoms. The van der Waals surface area contributed by atoms with Gasteiger partial charge < -0.3 is 15.6 Å². The summed E-state index contributed by atoms with van der Waals surface area (Å²) in [4.78, 5) is 22.6. The van der Waals surface area contributed by atoms with Gasteiger partial charge in [-0.3, -0.25) is 9.59 Å². The molecule has 1 aromatic rings. The average molecular weight is 153 g/mol. The van der Waals surface area contributed by atoms with E-state index in [2.05, 4.69) is 15.6 Å². The van der Waals surface area contributed by atoms with Gasteiger partial charge in [0.25, 0.3) is 0 Å². The molecule has 0 bridgehead atoms. The fraction of sp³-hybridized carbons (Fsp3) is 0. The van der Waals surface area contributed by atoms with E-state index in [1.54, 1.807) is 12.1 Å². The molecular weight excluding hydrogens is 146 g/mol. The van der Waals surface area contributed by atoms with E-state index in [1.807, 2.05) is 0 Å². The molecule has 0 aromatic carbocycles. The minimum Gasteiger partial charge on any atom is -0.328 e. The van der Waals surface area contributed by atoms with Gasteiger partial charge in [-0.05, 0) is 12.1 Å². The number of hydrogen-bond acceptors (Lipinski definition) is 2. The van der Waals surface area contributed by atoms with Gasteiger partial charge in [-0.25, -0.2) is 0 Å². The van der Waals surface area contributed by atoms with Crippen molar-refractivity contribution in [3.8, 4) is 0 Å². The lowest BCUT2D eigenvalue weighted by molar-refractivity contribution is -0.106. The van der Waals surface area contributed by atoms with Gasteiger partial charge in [0.2, 0.25) is 12.8 Å². The van der Waals surface area contributed by atoms with E-state index in [0.29, 0.717) is 24.5 Å². The van der Waals surface area contributed by atoms with Crippen LogP contribution in [0.4, 0.5) is 11.6 Å². The van der Waals surface area contributed by atoms with Crippen LogP contribution in [0.2, 0.25) is 0 Å². The number of rotatable bonds is 4. The highest BCUT2D eigenvalue weighted by molar-refractivity contribution is 5.74. The maximum Gasteiger partial charge on any atom is 0.212 e. The van der Waals surface area contributed by atoms with Crippen molar-refractivity contribution >= 4 is 24.5 Å². The minimum absolute atomic E-state index is 0.546. The van der Waals surface area contributed by atoms with E-state index < -0.39 is 0 Å². The van der Waals surface area contributed by atoms with Crippen molar-refractivity contribution in [3.05, 3.63) is 12.1 Å². The molecule has 0 unspecified atom stereocenters. The van der Waals surface area contributed by atoms with Crippen molar-refractivity contribution in [2.45, 2.75) is 0 Å². The van der Waals surface area contributed by atoms with E-state index in [9.17, 15) is 9.59 Å². The van der Waals surface area contributed by atoms with Crippen LogP contribution in [0.25, 0.3) is 0 Å². The molecule has 0 fully saturated rings. The molecule has 0 aliphatic rings. The smallest absolute Gasteiger partial charge is 0.212 e. The lowest BCUT2D eigenvalue weighted by Crippen LogP contribution is -1.96. The number of hydrogen-bond donors (Lipinski definition) is 3. The number of aromatic nitrogens is 1. The number of amides is 2. The summed E-state index contributed by atoms with van der Waals surface area (Å²) >= 11 is 0. The number of carbonyl (C=O) groups is 2. The third kappa shape index (κ3) is 1.82. The number of aromatic amines is 1. The van der Waals surface area contributed by atoms with E-state index in [4.69, 9.17) is 0 Å². The molecular formula is C6H7N3O2. The molecule has 5 nitrogen and oxygen atoms in total. The fourth-order valence-corrected chi connectivity index (χ4v) is 0.690. The Kier molecular flexibility index (Phi) is 2.27. The second kappa shape index (κ2) is 3.40. The SMILES string of the molecule is O=CNc1ccc(NC=O)[nH]1. The Balaban J connectivity index is 2.64. The Morgan fingerprint density at radius 2 is 1.55 bits per heavy atom. The summed E-state index contributed by atoms with van der Waals surface area (Å²) in [7, 11) is 0. The van der Waals surface area contributed by atoms with Crippen LogP contribution >= 0.6 is 0 Å². The predicted molar refractivity (Wildman–Crippen MR) is 40.2 cm³/mol. The maximum atomic E-state index is 9.92. The van der Waals surface area contributed by atoms with Gasteiger partial charge in [0.05, 0.1) is 0 Å². The molecule has 0 aliphatic carbocycles. The van der Waals surface area contributed by atoms with E-state index >= 15 is 0 Å². The topological polar surface area (TPSA) is 74.0 Å². The first kappa shape index (κ1) is 7.33. The summed E-state index contributed by atoms with van der Waals surface area (Å²) in [5, 5.41) is 4.79. The number of H-pyrrole nitrogens is 1. The quantitative estimate of drug-likeness (QED) is 0.538. The Morgan fingerprint density at radius 1 is 1.09 bits per heavy atom. The summed E-state index contributed by atoms with van der Waals surface area (Å²) in [6.45, 7) is 0. The third-order valence-corrected chi connectivity index (χ3v) is 1.11. The molecule has 2 amide bonds. The molecule has 58 valence electrons. The predicted octanol–water partition coefficient (Wildman–Crippen LogP) is 0.151. The van der Waals surface area contributed by atoms with Gasteiger partial charge in [-0.1, -0.05) is 0 Å². The van der Waals surface area contributed by atoms with E-state index in [0.717, 1.165) is 0 Å². The Bertz CT molecular complexity index is 232. The fourth-order valence-electron chi connectivity index (χ4n) is 0.690. The van der Waals surface area contributed by atoms with Crippen molar-refractivity contribution in [2.24, 2.45) is 0 Å². The van der Waals surface area contributed by atoms with Gasteiger partial charge in [-0.2, -0.15) is 0 Å². The summed E-state index contributed by atoms with van der Waals surface area (Å²) in [5.41, 5.74) is 0. The molecule has 0 aliphatic heterocycles. The van der Waals surface area contributed by atoms with E-state index in [1.165, 1.54) is 0 Å². The van der Waals surface area contributed by atoms with E-state index in [-0.39, 0.29) is 0 Å². The van der Waals surface area contributed by atoms with Gasteiger partial charge in [-0.15, -0.1) is 0 Å². The molecule has 0 radical (unpaired) electrons. The highest BCUT2D eigenvalue weighted by Gasteiger charge is 1.93. The first-order chi connectivity index (χ1) is 5.36. The Morgan fingerprint density at radius 3 is 1.91 bits per heavy atom. The van der Waals surface area contributed by atoms with Crippen LogP contribution in [0, 0.1) is 0 Å². The second-order valence-electron chi connectivity index (χ2n) is 1.81. The Labute approximate surface area is 62.8 Å². The molecule has 0 spiro atoms. The molecule has 3 N–H and O–H groups in total. The van der Waals surface area contributed by atoms with Crippen molar-refractivity contribution in [2.75, 3.05) is 10.6 Å². The third-order valence-electron chi connectivity index (χ3n) is 1.11. The minimum atomic E-state index is 0.546. The van der Waals surface area contributed by atoms with Crippen LogP contribution in [0.3, 0.4) is 0 Å². The normalized spacial score (nSPS) is 8.73. The van der Waals surface area contributed by atoms with Crippen LogP contribution in [-0.2, 0) is 9.59 Å². The first-order valence-corrected chi connectivity index (χ1v) is 2.96. The van der Waals surface area contributed by atoms with Crippen LogP contribution in [-0.4, -0.2) is 17.8 Å². The van der Waals surface area contributed by atoms with Crippen molar-refractivity contribution in [1.82, 2.24) is 4.98 Å². The van der Waals surface area contributed by atoms with Crippen molar-refractivity contribution in [1.29, 1.82) is 0 Å². The van der Waals surface area contributed by atoms with Gasteiger partial charge in [0.15, 0.2) is 0 Å². The molecule has 0 atom stereocenters. The second-order valence-corrected chi connectivity index (χ2v) is 1.81. The average Bonchev–Trinajstić information content (AvgIpc) is 2.38. The zero-order valence-corrected chi connectivity index (χ0v) is 5.63. The molecule has 0 saturated carbocycles. The molecule has 1 aromatic heterocycles. The maximum absolute atomic E-state index is 9.92. The number of nitrogens with one attached hydrogen (secondary N) is 3. The lowest BCUT2D eigenvalue weighted by atomic mass is 10.6. The summed E-state index contributed by atoms with van der Waals surface area (Å²) in [6.07, 6.45) is 1.10. The lowest BCUT2D eigenvalue weighted by Gasteiger charge is -1.92. The highest BCUT2D eigenvalue weighted by atomic mass is 16.1. The van der Waals surface area contributed by atoms with Crippen LogP contribution < -0.4 is 10.6 Å². The molecule has 1 heterocycles. The summed E-state index contributed by atoms with van der Waals surface area (Å²) in [5.74, 6) is 1.09. The van der Waals surface area contributed by atoms with Gasteiger partial charge >= 0.3 is 0 Å². The van der Waals surface area contributed by atoms with Crippen molar-refractivity contribution in [3.63, 3.8) is 0 Å². The summed E-state index contributed by atoms with van der Waals surface area (Å²) < 4.78 is 0. The Hall–Kier alpha value is -1.78. The highest BCUT2D eigenvalue weighted by Crippen LogP contribution is 2.09. The zero-order valence-electron chi connectivity index (χ0n) is 5.63. The van der Waals surface area contributed by atoms with Crippen LogP contribution in [0.1, 0.15) is 0 Å². The molecule has 5 heteroatoms. The zero-order chi connectivity index (χ0) is 8.10. The van der Waals surface area contributed by atoms with Crippen LogP contribution in [0.5, 0.6) is 0 Å². The standard InChI is InChI=1S/C6H7N3O2/c10-3-7-5-1-2-6(9-5)8-4-11/h1-4,9H,(H,7,10)(H,8,11). The van der Waals surface area contributed by atoms with Crippen molar-refractivity contribution < 1.29 is 9.59 Å².